The summed E-state index contributed by atoms with van der Waals surface area (Å²) in [6.45, 7) is 5.24. The number of rotatable bonds is 8. The molecule has 0 saturated carbocycles. The van der Waals surface area contributed by atoms with Crippen LogP contribution in [0.3, 0.4) is 0 Å². The van der Waals surface area contributed by atoms with Crippen molar-refractivity contribution in [3.63, 3.8) is 0 Å². The minimum atomic E-state index is -3.63. The molecule has 9 heteroatoms. The van der Waals surface area contributed by atoms with E-state index in [1.807, 2.05) is 6.92 Å². The molecule has 2 heterocycles. The molecule has 1 atom stereocenters. The molecule has 1 unspecified atom stereocenters. The zero-order valence-corrected chi connectivity index (χ0v) is 17.9. The van der Waals surface area contributed by atoms with Gasteiger partial charge in [0.25, 0.3) is 0 Å². The normalized spacial score (nSPS) is 20.0. The average Bonchev–Trinajstić information content (AvgIpc) is 3.35. The molecule has 0 radical (unpaired) electrons. The predicted octanol–water partition coefficient (Wildman–Crippen LogP) is 2.62. The first-order valence-corrected chi connectivity index (χ1v) is 11.2. The van der Waals surface area contributed by atoms with Gasteiger partial charge in [-0.15, -0.1) is 12.4 Å². The number of amides is 1. The molecule has 2 saturated heterocycles. The number of ether oxygens (including phenoxy) is 1. The fraction of sp³-hybridized carbons (Fsp3) is 0.632. The van der Waals surface area contributed by atoms with E-state index in [4.69, 9.17) is 4.74 Å². The standard InChI is InChI=1S/C19H29N3O4S.ClH/c1-2-26-17-7-6-16(21-19(23)8-5-15-9-10-20-14-15)13-18(17)27(24,25)22-11-3-4-12-22;/h6-7,13,15,20H,2-5,8-12,14H2,1H3,(H,21,23);1H. The summed E-state index contributed by atoms with van der Waals surface area (Å²) in [5, 5.41) is 6.14. The molecule has 2 aliphatic rings. The third-order valence-corrected chi connectivity index (χ3v) is 7.07. The van der Waals surface area contributed by atoms with Crippen LogP contribution in [-0.4, -0.2) is 51.4 Å². The Labute approximate surface area is 173 Å². The van der Waals surface area contributed by atoms with E-state index >= 15 is 0 Å². The van der Waals surface area contributed by atoms with Gasteiger partial charge in [-0.25, -0.2) is 8.42 Å². The monoisotopic (exact) mass is 431 g/mol. The number of sulfonamides is 1. The van der Waals surface area contributed by atoms with Crippen molar-refractivity contribution in [1.29, 1.82) is 0 Å². The van der Waals surface area contributed by atoms with Crippen LogP contribution in [0.4, 0.5) is 5.69 Å². The van der Waals surface area contributed by atoms with Crippen LogP contribution >= 0.6 is 12.4 Å². The Hall–Kier alpha value is -1.35. The molecule has 28 heavy (non-hydrogen) atoms. The molecule has 0 bridgehead atoms. The largest absolute Gasteiger partial charge is 0.492 e. The maximum Gasteiger partial charge on any atom is 0.246 e. The van der Waals surface area contributed by atoms with Gasteiger partial charge in [-0.2, -0.15) is 4.31 Å². The summed E-state index contributed by atoms with van der Waals surface area (Å²) in [6, 6.07) is 4.85. The first kappa shape index (κ1) is 22.9. The van der Waals surface area contributed by atoms with Gasteiger partial charge in [0.05, 0.1) is 6.61 Å². The molecule has 0 aliphatic carbocycles. The van der Waals surface area contributed by atoms with Crippen molar-refractivity contribution < 1.29 is 17.9 Å². The lowest BCUT2D eigenvalue weighted by Gasteiger charge is -2.19. The summed E-state index contributed by atoms with van der Waals surface area (Å²) < 4.78 is 33.0. The van der Waals surface area contributed by atoms with Gasteiger partial charge in [0.2, 0.25) is 15.9 Å². The minimum absolute atomic E-state index is 0. The fourth-order valence-electron chi connectivity index (χ4n) is 3.65. The smallest absolute Gasteiger partial charge is 0.246 e. The van der Waals surface area contributed by atoms with Crippen LogP contribution in [0.2, 0.25) is 0 Å². The number of hydrogen-bond donors (Lipinski definition) is 2. The molecule has 0 aromatic heterocycles. The van der Waals surface area contributed by atoms with Gasteiger partial charge in [-0.3, -0.25) is 4.79 Å². The summed E-state index contributed by atoms with van der Waals surface area (Å²) in [6.07, 6.45) is 4.13. The zero-order valence-electron chi connectivity index (χ0n) is 16.3. The first-order chi connectivity index (χ1) is 13.0. The number of anilines is 1. The van der Waals surface area contributed by atoms with E-state index in [1.165, 1.54) is 10.4 Å². The summed E-state index contributed by atoms with van der Waals surface area (Å²) in [5.74, 6) is 0.789. The van der Waals surface area contributed by atoms with Crippen molar-refractivity contribution in [3.05, 3.63) is 18.2 Å². The van der Waals surface area contributed by atoms with Crippen LogP contribution in [0.5, 0.6) is 5.75 Å². The highest BCUT2D eigenvalue weighted by Crippen LogP contribution is 2.31. The molecular formula is C19H30ClN3O4S. The van der Waals surface area contributed by atoms with E-state index in [0.29, 0.717) is 43.5 Å². The van der Waals surface area contributed by atoms with Crippen LogP contribution in [-0.2, 0) is 14.8 Å². The number of carbonyl (C=O) groups is 1. The second kappa shape index (κ2) is 10.4. The van der Waals surface area contributed by atoms with Crippen LogP contribution < -0.4 is 15.4 Å². The lowest BCUT2D eigenvalue weighted by Crippen LogP contribution is -2.28. The first-order valence-electron chi connectivity index (χ1n) is 9.78. The SMILES string of the molecule is CCOc1ccc(NC(=O)CCC2CCNC2)cc1S(=O)(=O)N1CCCC1.Cl. The van der Waals surface area contributed by atoms with Gasteiger partial charge in [0, 0.05) is 25.2 Å². The van der Waals surface area contributed by atoms with E-state index in [1.54, 1.807) is 12.1 Å². The fourth-order valence-corrected chi connectivity index (χ4v) is 5.32. The second-order valence-electron chi connectivity index (χ2n) is 7.15. The van der Waals surface area contributed by atoms with Crippen molar-refractivity contribution in [1.82, 2.24) is 9.62 Å². The van der Waals surface area contributed by atoms with E-state index in [-0.39, 0.29) is 23.2 Å². The van der Waals surface area contributed by atoms with Gasteiger partial charge < -0.3 is 15.4 Å². The molecule has 1 aromatic rings. The summed E-state index contributed by atoms with van der Waals surface area (Å²) in [7, 11) is -3.63. The van der Waals surface area contributed by atoms with Crippen LogP contribution in [0.25, 0.3) is 0 Å². The number of halogens is 1. The van der Waals surface area contributed by atoms with Crippen LogP contribution in [0.15, 0.2) is 23.1 Å². The highest BCUT2D eigenvalue weighted by atomic mass is 35.5. The highest BCUT2D eigenvalue weighted by Gasteiger charge is 2.30. The second-order valence-corrected chi connectivity index (χ2v) is 9.06. The topological polar surface area (TPSA) is 87.7 Å². The number of nitrogens with one attached hydrogen (secondary N) is 2. The molecule has 3 rings (SSSR count). The van der Waals surface area contributed by atoms with Gasteiger partial charge in [-0.05, 0) is 69.8 Å². The third kappa shape index (κ3) is 5.59. The minimum Gasteiger partial charge on any atom is -0.492 e. The van der Waals surface area contributed by atoms with E-state index < -0.39 is 10.0 Å². The Kier molecular flexibility index (Phi) is 8.55. The lowest BCUT2D eigenvalue weighted by molar-refractivity contribution is -0.116. The average molecular weight is 432 g/mol. The van der Waals surface area contributed by atoms with Gasteiger partial charge in [0.15, 0.2) is 0 Å². The lowest BCUT2D eigenvalue weighted by atomic mass is 10.0. The summed E-state index contributed by atoms with van der Waals surface area (Å²) in [4.78, 5) is 12.4. The molecule has 7 nitrogen and oxygen atoms in total. The van der Waals surface area contributed by atoms with Crippen molar-refractivity contribution in [2.45, 2.75) is 43.9 Å². The number of hydrogen-bond acceptors (Lipinski definition) is 5. The Morgan fingerprint density at radius 3 is 2.71 bits per heavy atom. The van der Waals surface area contributed by atoms with Gasteiger partial charge in [0.1, 0.15) is 10.6 Å². The van der Waals surface area contributed by atoms with Crippen molar-refractivity contribution in [3.8, 4) is 5.75 Å². The van der Waals surface area contributed by atoms with Crippen LogP contribution in [0.1, 0.15) is 39.0 Å². The molecule has 2 N–H and O–H groups in total. The maximum atomic E-state index is 13.0. The maximum absolute atomic E-state index is 13.0. The van der Waals surface area contributed by atoms with E-state index in [2.05, 4.69) is 10.6 Å². The highest BCUT2D eigenvalue weighted by molar-refractivity contribution is 7.89. The number of nitrogens with zero attached hydrogens (tertiary/aromatic N) is 1. The molecule has 2 aliphatic heterocycles. The van der Waals surface area contributed by atoms with Crippen LogP contribution in [0, 0.1) is 5.92 Å². The summed E-state index contributed by atoms with van der Waals surface area (Å²) >= 11 is 0. The van der Waals surface area contributed by atoms with Crippen molar-refractivity contribution in [2.75, 3.05) is 38.1 Å². The summed E-state index contributed by atoms with van der Waals surface area (Å²) in [5.41, 5.74) is 0.491. The predicted molar refractivity (Wildman–Crippen MR) is 112 cm³/mol. The number of benzene rings is 1. The molecular weight excluding hydrogens is 402 g/mol. The quantitative estimate of drug-likeness (QED) is 0.660. The van der Waals surface area contributed by atoms with E-state index in [9.17, 15) is 13.2 Å². The molecule has 2 fully saturated rings. The molecule has 0 spiro atoms. The molecule has 158 valence electrons. The zero-order chi connectivity index (χ0) is 19.3. The van der Waals surface area contributed by atoms with Crippen molar-refractivity contribution in [2.24, 2.45) is 5.92 Å². The van der Waals surface area contributed by atoms with Crippen molar-refractivity contribution >= 4 is 34.0 Å². The molecule has 1 aromatic carbocycles. The Morgan fingerprint density at radius 2 is 2.07 bits per heavy atom. The Balaban J connectivity index is 0.00000280. The molecule has 1 amide bonds. The number of carbonyl (C=O) groups excluding carboxylic acids is 1. The van der Waals surface area contributed by atoms with E-state index in [0.717, 1.165) is 38.8 Å². The Morgan fingerprint density at radius 1 is 1.32 bits per heavy atom. The van der Waals surface area contributed by atoms with Gasteiger partial charge >= 0.3 is 0 Å². The van der Waals surface area contributed by atoms with Gasteiger partial charge in [-0.1, -0.05) is 0 Å². The third-order valence-electron chi connectivity index (χ3n) is 5.15. The Bertz CT molecular complexity index is 760.